The summed E-state index contributed by atoms with van der Waals surface area (Å²) in [6, 6.07) is 16.0. The Bertz CT molecular complexity index is 787. The molecule has 2 heterocycles. The van der Waals surface area contributed by atoms with E-state index in [0.717, 1.165) is 12.8 Å². The Balaban J connectivity index is 0.00000210. The van der Waals surface area contributed by atoms with Crippen molar-refractivity contribution in [2.24, 2.45) is 5.92 Å². The number of amides is 1. The van der Waals surface area contributed by atoms with Crippen LogP contribution in [0.2, 0.25) is 5.02 Å². The summed E-state index contributed by atoms with van der Waals surface area (Å²) in [5, 5.41) is 7.18. The topological polar surface area (TPSA) is 50.4 Å². The van der Waals surface area contributed by atoms with E-state index in [0.29, 0.717) is 46.6 Å². The molecule has 2 aromatic rings. The van der Waals surface area contributed by atoms with Crippen LogP contribution >= 0.6 is 24.0 Å². The predicted molar refractivity (Wildman–Crippen MR) is 111 cm³/mol. The summed E-state index contributed by atoms with van der Waals surface area (Å²) in [7, 11) is 0. The third-order valence-electron chi connectivity index (χ3n) is 5.26. The van der Waals surface area contributed by atoms with E-state index in [4.69, 9.17) is 16.3 Å². The molecule has 4 rings (SSSR count). The lowest BCUT2D eigenvalue weighted by molar-refractivity contribution is -0.117. The van der Waals surface area contributed by atoms with Gasteiger partial charge in [0.1, 0.15) is 5.75 Å². The number of fused-ring (bicyclic) bond motifs is 2. The van der Waals surface area contributed by atoms with E-state index < -0.39 is 0 Å². The van der Waals surface area contributed by atoms with Crippen LogP contribution in [-0.4, -0.2) is 18.0 Å². The van der Waals surface area contributed by atoms with Gasteiger partial charge in [-0.05, 0) is 55.9 Å². The minimum absolute atomic E-state index is 0. The summed E-state index contributed by atoms with van der Waals surface area (Å²) < 4.78 is 5.92. The maximum absolute atomic E-state index is 12.6. The van der Waals surface area contributed by atoms with Crippen LogP contribution in [0.25, 0.3) is 0 Å². The zero-order valence-electron chi connectivity index (χ0n) is 15.0. The first-order chi connectivity index (χ1) is 12.7. The largest absolute Gasteiger partial charge is 0.454 e. The molecule has 0 aromatic heterocycles. The molecule has 2 atom stereocenters. The Hall–Kier alpha value is -1.75. The Morgan fingerprint density at radius 2 is 1.67 bits per heavy atom. The molecule has 2 fully saturated rings. The van der Waals surface area contributed by atoms with Crippen molar-refractivity contribution in [3.05, 3.63) is 53.6 Å². The fourth-order valence-electron chi connectivity index (χ4n) is 4.11. The van der Waals surface area contributed by atoms with Crippen LogP contribution in [0.4, 0.5) is 5.69 Å². The number of hydrogen-bond acceptors (Lipinski definition) is 3. The highest BCUT2D eigenvalue weighted by atomic mass is 35.5. The molecule has 2 aliphatic heterocycles. The molecule has 6 heteroatoms. The molecule has 2 aromatic carbocycles. The lowest BCUT2D eigenvalue weighted by atomic mass is 9.89. The fraction of sp³-hybridized carbons (Fsp3) is 0.381. The number of nitrogens with one attached hydrogen (secondary N) is 2. The van der Waals surface area contributed by atoms with Gasteiger partial charge in [0.15, 0.2) is 5.75 Å². The van der Waals surface area contributed by atoms with Gasteiger partial charge in [-0.15, -0.1) is 12.4 Å². The molecular weight excluding hydrogens is 383 g/mol. The van der Waals surface area contributed by atoms with Gasteiger partial charge in [-0.1, -0.05) is 35.9 Å². The van der Waals surface area contributed by atoms with Crippen LogP contribution in [0.3, 0.4) is 0 Å². The van der Waals surface area contributed by atoms with Gasteiger partial charge in [-0.2, -0.15) is 0 Å². The smallest absolute Gasteiger partial charge is 0.224 e. The Morgan fingerprint density at radius 3 is 2.37 bits per heavy atom. The summed E-state index contributed by atoms with van der Waals surface area (Å²) in [6.07, 6.45) is 5.26. The number of benzene rings is 2. The molecule has 2 aliphatic rings. The molecule has 0 saturated carbocycles. The van der Waals surface area contributed by atoms with E-state index >= 15 is 0 Å². The zero-order valence-corrected chi connectivity index (χ0v) is 16.6. The van der Waals surface area contributed by atoms with E-state index in [1.165, 1.54) is 12.8 Å². The Morgan fingerprint density at radius 1 is 1.04 bits per heavy atom. The highest BCUT2D eigenvalue weighted by Crippen LogP contribution is 2.35. The summed E-state index contributed by atoms with van der Waals surface area (Å²) in [5.74, 6) is 1.68. The molecule has 144 valence electrons. The normalized spacial score (nSPS) is 23.4. The first kappa shape index (κ1) is 20.0. The van der Waals surface area contributed by atoms with Crippen molar-refractivity contribution >= 4 is 35.6 Å². The van der Waals surface area contributed by atoms with Crippen molar-refractivity contribution in [2.75, 3.05) is 5.32 Å². The third-order valence-corrected chi connectivity index (χ3v) is 5.57. The van der Waals surface area contributed by atoms with Crippen molar-refractivity contribution in [1.82, 2.24) is 5.32 Å². The average Bonchev–Trinajstić information content (AvgIpc) is 2.97. The second kappa shape index (κ2) is 8.96. The van der Waals surface area contributed by atoms with E-state index in [1.807, 2.05) is 42.5 Å². The van der Waals surface area contributed by atoms with Gasteiger partial charge < -0.3 is 15.4 Å². The molecule has 2 unspecified atom stereocenters. The van der Waals surface area contributed by atoms with Crippen LogP contribution in [-0.2, 0) is 4.79 Å². The molecule has 4 nitrogen and oxygen atoms in total. The summed E-state index contributed by atoms with van der Waals surface area (Å²) in [6.45, 7) is 0. The van der Waals surface area contributed by atoms with Gasteiger partial charge in [-0.3, -0.25) is 4.79 Å². The van der Waals surface area contributed by atoms with Crippen LogP contribution in [0.15, 0.2) is 48.5 Å². The van der Waals surface area contributed by atoms with E-state index in [-0.39, 0.29) is 18.3 Å². The number of ether oxygens (including phenoxy) is 1. The van der Waals surface area contributed by atoms with Crippen LogP contribution in [0.5, 0.6) is 11.5 Å². The maximum atomic E-state index is 12.6. The molecule has 0 spiro atoms. The molecule has 0 radical (unpaired) electrons. The van der Waals surface area contributed by atoms with E-state index in [2.05, 4.69) is 10.6 Å². The van der Waals surface area contributed by atoms with Crippen molar-refractivity contribution in [2.45, 2.75) is 44.2 Å². The van der Waals surface area contributed by atoms with Crippen LogP contribution in [0, 0.1) is 5.92 Å². The van der Waals surface area contributed by atoms with Crippen molar-refractivity contribution in [1.29, 1.82) is 0 Å². The van der Waals surface area contributed by atoms with Crippen LogP contribution < -0.4 is 15.4 Å². The summed E-state index contributed by atoms with van der Waals surface area (Å²) in [4.78, 5) is 12.6. The molecule has 27 heavy (non-hydrogen) atoms. The first-order valence-corrected chi connectivity index (χ1v) is 9.62. The number of hydrogen-bond donors (Lipinski definition) is 2. The maximum Gasteiger partial charge on any atom is 0.224 e. The van der Waals surface area contributed by atoms with Gasteiger partial charge in [0, 0.05) is 18.5 Å². The molecule has 1 amide bonds. The highest BCUT2D eigenvalue weighted by molar-refractivity contribution is 6.32. The minimum atomic E-state index is 0. The molecule has 2 N–H and O–H groups in total. The Kier molecular flexibility index (Phi) is 6.64. The number of rotatable bonds is 5. The lowest BCUT2D eigenvalue weighted by Gasteiger charge is -2.28. The van der Waals surface area contributed by atoms with E-state index in [1.54, 1.807) is 6.07 Å². The lowest BCUT2D eigenvalue weighted by Crippen LogP contribution is -2.39. The highest BCUT2D eigenvalue weighted by Gasteiger charge is 2.34. The number of para-hydroxylation sites is 3. The van der Waals surface area contributed by atoms with Gasteiger partial charge in [0.2, 0.25) is 5.91 Å². The van der Waals surface area contributed by atoms with Crippen molar-refractivity contribution in [3.63, 3.8) is 0 Å². The minimum Gasteiger partial charge on any atom is -0.454 e. The first-order valence-electron chi connectivity index (χ1n) is 9.24. The quantitative estimate of drug-likeness (QED) is 0.697. The van der Waals surface area contributed by atoms with Gasteiger partial charge in [0.05, 0.1) is 10.7 Å². The summed E-state index contributed by atoms with van der Waals surface area (Å²) >= 11 is 6.18. The number of halogens is 2. The van der Waals surface area contributed by atoms with Crippen molar-refractivity contribution < 1.29 is 9.53 Å². The number of carbonyl (C=O) groups excluding carboxylic acids is 1. The number of anilines is 1. The summed E-state index contributed by atoms with van der Waals surface area (Å²) in [5.41, 5.74) is 0.675. The second-order valence-electron chi connectivity index (χ2n) is 7.26. The molecule has 0 aliphatic carbocycles. The molecule has 2 saturated heterocycles. The Labute approximate surface area is 171 Å². The third kappa shape index (κ3) is 4.95. The van der Waals surface area contributed by atoms with E-state index in [9.17, 15) is 4.79 Å². The second-order valence-corrected chi connectivity index (χ2v) is 7.66. The number of carbonyl (C=O) groups is 1. The predicted octanol–water partition coefficient (Wildman–Crippen LogP) is 5.41. The van der Waals surface area contributed by atoms with Gasteiger partial charge in [-0.25, -0.2) is 0 Å². The molecule has 2 bridgehead atoms. The van der Waals surface area contributed by atoms with Gasteiger partial charge >= 0.3 is 0 Å². The fourth-order valence-corrected chi connectivity index (χ4v) is 4.28. The SMILES string of the molecule is Cl.O=C(CC1CC2CCC(C1)N2)Nc1ccccc1Oc1ccccc1Cl. The van der Waals surface area contributed by atoms with Crippen molar-refractivity contribution in [3.8, 4) is 11.5 Å². The zero-order chi connectivity index (χ0) is 17.9. The van der Waals surface area contributed by atoms with Crippen LogP contribution in [0.1, 0.15) is 32.1 Å². The van der Waals surface area contributed by atoms with Gasteiger partial charge in [0.25, 0.3) is 0 Å². The monoisotopic (exact) mass is 406 g/mol. The molecular formula is C21H24Cl2N2O2. The standard InChI is InChI=1S/C21H23ClN2O2.ClH/c22-17-5-1-3-7-19(17)26-20-8-4-2-6-18(20)24-21(25)13-14-11-15-9-10-16(12-14)23-15;/h1-8,14-16,23H,9-13H2,(H,24,25);1H. The number of piperidine rings is 1. The average molecular weight is 407 g/mol.